The highest BCUT2D eigenvalue weighted by molar-refractivity contribution is 6.61. The van der Waals surface area contributed by atoms with Gasteiger partial charge in [0.05, 0.1) is 36.4 Å². The summed E-state index contributed by atoms with van der Waals surface area (Å²) in [6.07, 6.45) is -0.677. The van der Waals surface area contributed by atoms with Gasteiger partial charge >= 0.3 is 7.12 Å². The third kappa shape index (κ3) is 2.38. The maximum atomic E-state index is 8.08. The minimum atomic E-state index is -3.14. The van der Waals surface area contributed by atoms with E-state index >= 15 is 0 Å². The molecule has 1 aliphatic heterocycles. The summed E-state index contributed by atoms with van der Waals surface area (Å²) in [7, 11) is -1.09. The fraction of sp³-hybridized carbons (Fsp3) is 0.615. The van der Waals surface area contributed by atoms with Crippen LogP contribution in [-0.2, 0) is 9.31 Å². The van der Waals surface area contributed by atoms with Crippen molar-refractivity contribution in [1.29, 1.82) is 0 Å². The van der Waals surface area contributed by atoms with E-state index in [0.29, 0.717) is 0 Å². The summed E-state index contributed by atoms with van der Waals surface area (Å²) in [5.41, 5.74) is -1.56. The molecule has 0 aromatic carbocycles. The first-order chi connectivity index (χ1) is 11.5. The van der Waals surface area contributed by atoms with E-state index in [9.17, 15) is 0 Å². The van der Waals surface area contributed by atoms with Gasteiger partial charge in [-0.05, 0) is 46.6 Å². The van der Waals surface area contributed by atoms with E-state index in [2.05, 4.69) is 4.98 Å². The second-order valence-corrected chi connectivity index (χ2v) is 4.98. The molecule has 0 aliphatic carbocycles. The van der Waals surface area contributed by atoms with Gasteiger partial charge in [-0.25, -0.2) is 0 Å². The zero-order chi connectivity index (χ0) is 20.3. The van der Waals surface area contributed by atoms with Crippen molar-refractivity contribution >= 4 is 12.7 Å². The third-order valence-corrected chi connectivity index (χ3v) is 3.21. The number of rotatable bonds is 3. The first-order valence-electron chi connectivity index (χ1n) is 9.52. The van der Waals surface area contributed by atoms with E-state index in [1.807, 2.05) is 0 Å². The number of hydrogen-bond donors (Lipinski definition) is 0. The molecule has 2 rings (SSSR count). The minimum absolute atomic E-state index is 0.125. The second-order valence-electron chi connectivity index (χ2n) is 4.98. The fourth-order valence-corrected chi connectivity index (χ4v) is 1.45. The van der Waals surface area contributed by atoms with Gasteiger partial charge in [-0.1, -0.05) is 0 Å². The van der Waals surface area contributed by atoms with Crippen molar-refractivity contribution in [2.75, 3.05) is 6.56 Å². The van der Waals surface area contributed by atoms with E-state index in [1.54, 1.807) is 27.7 Å². The average molecular weight is 257 g/mol. The van der Waals surface area contributed by atoms with Crippen molar-refractivity contribution in [2.24, 2.45) is 0 Å². The quantitative estimate of drug-likeness (QED) is 0.774. The van der Waals surface area contributed by atoms with Gasteiger partial charge in [0, 0.05) is 4.11 Å². The Bertz CT molecular complexity index is 706. The van der Waals surface area contributed by atoms with Gasteiger partial charge in [0.1, 0.15) is 5.75 Å². The van der Waals surface area contributed by atoms with Crippen LogP contribution in [0.3, 0.4) is 0 Å². The van der Waals surface area contributed by atoms with Crippen LogP contribution in [0.5, 0.6) is 5.75 Å². The summed E-state index contributed by atoms with van der Waals surface area (Å²) in [5, 5.41) is 0. The van der Waals surface area contributed by atoms with Gasteiger partial charge in [-0.15, -0.1) is 0 Å². The lowest BCUT2D eigenvalue weighted by Gasteiger charge is -2.32. The number of pyridine rings is 1. The van der Waals surface area contributed by atoms with Gasteiger partial charge in [0.2, 0.25) is 0 Å². The summed E-state index contributed by atoms with van der Waals surface area (Å²) in [6.45, 7) is 0.895. The monoisotopic (exact) mass is 257 g/mol. The number of aromatic nitrogens is 1. The van der Waals surface area contributed by atoms with E-state index in [1.165, 1.54) is 0 Å². The van der Waals surface area contributed by atoms with Crippen LogP contribution in [0, 0.1) is 0 Å². The molecule has 2 heterocycles. The van der Waals surface area contributed by atoms with Crippen LogP contribution < -0.4 is 10.3 Å². The van der Waals surface area contributed by atoms with Crippen LogP contribution in [0.25, 0.3) is 0 Å². The SMILES string of the molecule is [2H]c1nc(B2OC(C)(C)C(C)(C)O2)c([2H])c([2H])c1OC([2H])([2H])C([2H])([2H])[2H]. The Labute approximate surface area is 120 Å². The molecule has 0 bridgehead atoms. The Balaban J connectivity index is 2.44. The highest BCUT2D eigenvalue weighted by Gasteiger charge is 2.52. The molecule has 0 atom stereocenters. The summed E-state index contributed by atoms with van der Waals surface area (Å²) in [6, 6.07) is -1.15. The zero-order valence-electron chi connectivity index (χ0n) is 18.7. The molecule has 98 valence electrons. The molecule has 0 unspecified atom stereocenters. The smallest absolute Gasteiger partial charge is 0.492 e. The van der Waals surface area contributed by atoms with Gasteiger partial charge in [-0.3, -0.25) is 4.98 Å². The van der Waals surface area contributed by atoms with Crippen molar-refractivity contribution < 1.29 is 25.0 Å². The van der Waals surface area contributed by atoms with Crippen LogP contribution in [0.15, 0.2) is 18.3 Å². The van der Waals surface area contributed by atoms with E-state index in [-0.39, 0.29) is 5.59 Å². The molecule has 18 heavy (non-hydrogen) atoms. The van der Waals surface area contributed by atoms with Crippen LogP contribution >= 0.6 is 0 Å². The minimum Gasteiger partial charge on any atom is -0.492 e. The van der Waals surface area contributed by atoms with Crippen LogP contribution in [0.4, 0.5) is 0 Å². The van der Waals surface area contributed by atoms with Crippen molar-refractivity contribution in [3.63, 3.8) is 0 Å². The summed E-state index contributed by atoms with van der Waals surface area (Å²) in [5.74, 6) is -0.726. The Hall–Kier alpha value is -1.07. The molecule has 0 amide bonds. The lowest BCUT2D eigenvalue weighted by atomic mass is 9.84. The van der Waals surface area contributed by atoms with E-state index in [0.717, 1.165) is 0 Å². The number of hydrogen-bond acceptors (Lipinski definition) is 4. The molecular weight excluding hydrogens is 229 g/mol. The second kappa shape index (κ2) is 4.55. The van der Waals surface area contributed by atoms with Crippen LogP contribution in [0.1, 0.15) is 45.5 Å². The molecule has 4 nitrogen and oxygen atoms in total. The first kappa shape index (κ1) is 6.39. The van der Waals surface area contributed by atoms with Gasteiger partial charge in [0.25, 0.3) is 0 Å². The van der Waals surface area contributed by atoms with E-state index in [4.69, 9.17) is 25.0 Å². The Morgan fingerprint density at radius 1 is 1.39 bits per heavy atom. The summed E-state index contributed by atoms with van der Waals surface area (Å²) < 4.78 is 76.6. The van der Waals surface area contributed by atoms with Gasteiger partial charge in [-0.2, -0.15) is 0 Å². The molecule has 0 N–H and O–H groups in total. The highest BCUT2D eigenvalue weighted by atomic mass is 16.7. The molecule has 1 saturated heterocycles. The molecule has 0 radical (unpaired) electrons. The molecule has 1 fully saturated rings. The summed E-state index contributed by atoms with van der Waals surface area (Å²) in [4.78, 5) is 3.85. The van der Waals surface area contributed by atoms with E-state index < -0.39 is 55.7 Å². The summed E-state index contributed by atoms with van der Waals surface area (Å²) >= 11 is 0. The predicted molar refractivity (Wildman–Crippen MR) is 71.1 cm³/mol. The van der Waals surface area contributed by atoms with Crippen molar-refractivity contribution in [3.05, 3.63) is 18.3 Å². The highest BCUT2D eigenvalue weighted by Crippen LogP contribution is 2.36. The Morgan fingerprint density at radius 3 is 2.67 bits per heavy atom. The van der Waals surface area contributed by atoms with Crippen LogP contribution in [0.2, 0.25) is 0 Å². The van der Waals surface area contributed by atoms with Crippen molar-refractivity contribution in [3.8, 4) is 5.75 Å². The standard InChI is InChI=1S/C13H20BNO3/c1-6-16-10-7-8-11(15-9-10)14-17-12(2,3)13(4,5)18-14/h7-9H,6H2,1-5H3/i1D3,6D2,7D,8D,9D. The molecule has 5 heteroatoms. The third-order valence-electron chi connectivity index (χ3n) is 3.21. The number of ether oxygens (including phenoxy) is 1. The maximum absolute atomic E-state index is 8.08. The fourth-order valence-electron chi connectivity index (χ4n) is 1.45. The largest absolute Gasteiger partial charge is 0.514 e. The molecule has 1 aromatic heterocycles. The molecule has 1 aliphatic rings. The molecule has 0 spiro atoms. The normalized spacial score (nSPS) is 29.0. The Morgan fingerprint density at radius 2 is 2.06 bits per heavy atom. The lowest BCUT2D eigenvalue weighted by molar-refractivity contribution is 0.00578. The number of nitrogens with zero attached hydrogens (tertiary/aromatic N) is 1. The predicted octanol–water partition coefficient (Wildman–Crippen LogP) is 1.78. The topological polar surface area (TPSA) is 40.6 Å². The lowest BCUT2D eigenvalue weighted by Crippen LogP contribution is -2.41. The van der Waals surface area contributed by atoms with Gasteiger partial charge in [0.15, 0.2) is 0 Å². The average Bonchev–Trinajstić information content (AvgIpc) is 2.66. The Kier molecular flexibility index (Phi) is 1.62. The molecule has 1 aromatic rings. The van der Waals surface area contributed by atoms with Crippen LogP contribution in [-0.4, -0.2) is 29.9 Å². The first-order valence-corrected chi connectivity index (χ1v) is 5.52. The zero-order valence-corrected chi connectivity index (χ0v) is 10.7. The van der Waals surface area contributed by atoms with Crippen molar-refractivity contribution in [1.82, 2.24) is 4.98 Å². The molecule has 0 saturated carbocycles. The van der Waals surface area contributed by atoms with Gasteiger partial charge < -0.3 is 14.0 Å². The molecular formula is C13H20BNO3. The maximum Gasteiger partial charge on any atom is 0.514 e. The van der Waals surface area contributed by atoms with Crippen molar-refractivity contribution in [2.45, 2.75) is 45.7 Å².